The Hall–Kier alpha value is -6.92. The van der Waals surface area contributed by atoms with Crippen LogP contribution in [-0.4, -0.2) is 117 Å². The molecule has 0 aromatic heterocycles. The van der Waals surface area contributed by atoms with Gasteiger partial charge in [0, 0.05) is 49.6 Å². The fourth-order valence-corrected chi connectivity index (χ4v) is 11.0. The Labute approximate surface area is 468 Å². The van der Waals surface area contributed by atoms with Crippen molar-refractivity contribution in [3.8, 4) is 11.5 Å². The van der Waals surface area contributed by atoms with Crippen LogP contribution >= 0.6 is 0 Å². The van der Waals surface area contributed by atoms with Crippen LogP contribution in [-0.2, 0) is 59.3 Å². The van der Waals surface area contributed by atoms with Crippen molar-refractivity contribution in [1.29, 1.82) is 0 Å². The van der Waals surface area contributed by atoms with Gasteiger partial charge in [-0.2, -0.15) is 0 Å². The predicted molar refractivity (Wildman–Crippen MR) is 298 cm³/mol. The SMILES string of the molecule is CC1(C)Cc2cccc(c2)OCCCC[C@@H](C(=O)NC2CCC(c3cc4cc(c3)OCCCC[C@@H](C(=O)NCc3ccccc3F)NC(=O)[C@H](CCc3ccc(F)cc3)NC(=O)CC4)C2)NC(=O)[C@H](CCN2CCOCC2)NC1=O. The van der Waals surface area contributed by atoms with Crippen LogP contribution in [0.1, 0.15) is 125 Å². The molecule has 6 atom stereocenters. The third-order valence-electron chi connectivity index (χ3n) is 15.8. The van der Waals surface area contributed by atoms with Gasteiger partial charge in [-0.1, -0.05) is 62.4 Å². The number of fused-ring (bicyclic) bond motifs is 4. The van der Waals surface area contributed by atoms with Crippen LogP contribution < -0.4 is 41.4 Å². The fraction of sp³-hybridized carbons (Fsp3) is 0.516. The maximum absolute atomic E-state index is 14.5. The van der Waals surface area contributed by atoms with Crippen molar-refractivity contribution in [2.45, 2.75) is 153 Å². The number of ether oxygens (including phenoxy) is 3. The molecule has 0 spiro atoms. The van der Waals surface area contributed by atoms with Crippen LogP contribution in [0.5, 0.6) is 11.5 Å². The largest absolute Gasteiger partial charge is 0.494 e. The molecule has 4 bridgehead atoms. The molecule has 80 heavy (non-hydrogen) atoms. The Morgan fingerprint density at radius 3 is 2.10 bits per heavy atom. The Morgan fingerprint density at radius 1 is 0.675 bits per heavy atom. The summed E-state index contributed by atoms with van der Waals surface area (Å²) in [5, 5.41) is 18.0. The monoisotopic (exact) mass is 1100 g/mol. The summed E-state index contributed by atoms with van der Waals surface area (Å²) in [7, 11) is 0. The number of morpholine rings is 1. The summed E-state index contributed by atoms with van der Waals surface area (Å²) in [5.74, 6) is -1.84. The molecule has 1 saturated heterocycles. The topological polar surface area (TPSA) is 206 Å². The summed E-state index contributed by atoms with van der Waals surface area (Å²) < 4.78 is 46.3. The minimum Gasteiger partial charge on any atom is -0.494 e. The second-order valence-electron chi connectivity index (χ2n) is 22.5. The second kappa shape index (κ2) is 29.0. The molecule has 3 aliphatic heterocycles. The van der Waals surface area contributed by atoms with Gasteiger partial charge in [0.25, 0.3) is 0 Å². The number of nitrogens with zero attached hydrogens (tertiary/aromatic N) is 1. The van der Waals surface area contributed by atoms with Crippen molar-refractivity contribution in [1.82, 2.24) is 36.8 Å². The van der Waals surface area contributed by atoms with E-state index in [1.165, 1.54) is 18.2 Å². The van der Waals surface area contributed by atoms with Gasteiger partial charge in [0.15, 0.2) is 0 Å². The van der Waals surface area contributed by atoms with Crippen molar-refractivity contribution in [2.24, 2.45) is 5.41 Å². The number of nitrogens with one attached hydrogen (secondary N) is 6. The molecule has 1 aliphatic carbocycles. The number of halogens is 2. The van der Waals surface area contributed by atoms with Gasteiger partial charge in [0.2, 0.25) is 35.4 Å². The smallest absolute Gasteiger partial charge is 0.243 e. The van der Waals surface area contributed by atoms with E-state index in [2.05, 4.69) is 42.9 Å². The molecule has 16 nitrogen and oxygen atoms in total. The average molecular weight is 1100 g/mol. The summed E-state index contributed by atoms with van der Waals surface area (Å²) in [6.07, 6.45) is 6.71. The highest BCUT2D eigenvalue weighted by atomic mass is 19.1. The highest BCUT2D eigenvalue weighted by Gasteiger charge is 2.36. The van der Waals surface area contributed by atoms with Gasteiger partial charge < -0.3 is 46.1 Å². The number of carbonyl (C=O) groups is 6. The van der Waals surface area contributed by atoms with E-state index in [9.17, 15) is 37.5 Å². The normalized spacial score (nSPS) is 23.9. The first-order valence-corrected chi connectivity index (χ1v) is 28.7. The molecule has 4 aromatic carbocycles. The standard InChI is InChI=1S/C62H79F2N7O9/c1-62(2)39-43-10-9-12-49(36-43)79-30-7-6-15-53(69-60(76)55(70-61(62)77)26-27-71-28-32-78-33-29-71)58(74)66-48-23-20-44(37-48)46-34-42-19-25-56(72)67-54(24-18-41-16-21-47(63)22-17-41)59(75)68-52(14-5-8-31-80-50(35-42)38-46)57(73)65-40-45-11-3-4-13-51(45)64/h3-4,9-13,16-17,21-22,34-36,38,44,48,52-55H,5-8,14-15,18-20,23-33,37,39-40H2,1-2H3,(H,65,73)(H,66,74)(H,67,72)(H,68,75)(H,69,76)(H,70,77)/t44?,48?,52-,53-,54-,55-/m0/s1. The van der Waals surface area contributed by atoms with Crippen molar-refractivity contribution >= 4 is 35.4 Å². The highest BCUT2D eigenvalue weighted by Crippen LogP contribution is 2.37. The number of benzene rings is 4. The molecule has 8 rings (SSSR count). The van der Waals surface area contributed by atoms with E-state index in [1.807, 2.05) is 50.2 Å². The zero-order valence-corrected chi connectivity index (χ0v) is 46.3. The molecular formula is C62H79F2N7O9. The van der Waals surface area contributed by atoms with Crippen LogP contribution in [0.15, 0.2) is 91.0 Å². The number of aryl methyl sites for hydroxylation is 2. The van der Waals surface area contributed by atoms with Crippen molar-refractivity contribution < 1.29 is 51.8 Å². The summed E-state index contributed by atoms with van der Waals surface area (Å²) in [5.41, 5.74) is 3.04. The van der Waals surface area contributed by atoms with E-state index < -0.39 is 58.9 Å². The number of hydrogen-bond donors (Lipinski definition) is 6. The van der Waals surface area contributed by atoms with Gasteiger partial charge in [0.1, 0.15) is 47.3 Å². The third kappa shape index (κ3) is 17.8. The Kier molecular flexibility index (Phi) is 21.5. The lowest BCUT2D eigenvalue weighted by Gasteiger charge is -2.31. The summed E-state index contributed by atoms with van der Waals surface area (Å²) in [6, 6.07) is 21.9. The number of hydrogen-bond acceptors (Lipinski definition) is 10. The van der Waals surface area contributed by atoms with E-state index >= 15 is 0 Å². The molecule has 2 unspecified atom stereocenters. The van der Waals surface area contributed by atoms with Crippen LogP contribution in [0.3, 0.4) is 0 Å². The fourth-order valence-electron chi connectivity index (χ4n) is 11.0. The molecule has 18 heteroatoms. The van der Waals surface area contributed by atoms with Gasteiger partial charge >= 0.3 is 0 Å². The van der Waals surface area contributed by atoms with Crippen molar-refractivity contribution in [3.63, 3.8) is 0 Å². The maximum Gasteiger partial charge on any atom is 0.243 e. The van der Waals surface area contributed by atoms with E-state index in [-0.39, 0.29) is 55.5 Å². The maximum atomic E-state index is 14.5. The zero-order chi connectivity index (χ0) is 56.4. The van der Waals surface area contributed by atoms with Gasteiger partial charge in [-0.15, -0.1) is 0 Å². The highest BCUT2D eigenvalue weighted by molar-refractivity contribution is 5.94. The van der Waals surface area contributed by atoms with Gasteiger partial charge in [0.05, 0.1) is 26.4 Å². The first kappa shape index (κ1) is 59.2. The molecule has 430 valence electrons. The summed E-state index contributed by atoms with van der Waals surface area (Å²) >= 11 is 0. The molecule has 2 fully saturated rings. The summed E-state index contributed by atoms with van der Waals surface area (Å²) in [6.45, 7) is 7.61. The van der Waals surface area contributed by atoms with Crippen LogP contribution in [0, 0.1) is 17.0 Å². The van der Waals surface area contributed by atoms with Gasteiger partial charge in [-0.3, -0.25) is 33.7 Å². The van der Waals surface area contributed by atoms with E-state index in [1.54, 1.807) is 30.3 Å². The lowest BCUT2D eigenvalue weighted by Crippen LogP contribution is -2.56. The Balaban J connectivity index is 0.946. The minimum atomic E-state index is -1.02. The van der Waals surface area contributed by atoms with E-state index in [4.69, 9.17) is 14.2 Å². The van der Waals surface area contributed by atoms with Gasteiger partial charge in [-0.25, -0.2) is 8.78 Å². The van der Waals surface area contributed by atoms with Crippen LogP contribution in [0.4, 0.5) is 8.78 Å². The van der Waals surface area contributed by atoms with E-state index in [0.717, 1.165) is 41.8 Å². The molecule has 4 aromatic rings. The van der Waals surface area contributed by atoms with Gasteiger partial charge in [-0.05, 0) is 161 Å². The predicted octanol–water partition coefficient (Wildman–Crippen LogP) is 6.65. The first-order valence-electron chi connectivity index (χ1n) is 28.7. The van der Waals surface area contributed by atoms with E-state index in [0.29, 0.717) is 121 Å². The molecule has 3 heterocycles. The minimum absolute atomic E-state index is 0.0376. The molecule has 6 N–H and O–H groups in total. The first-order chi connectivity index (χ1) is 38.6. The number of rotatable bonds is 12. The Bertz CT molecular complexity index is 2760. The van der Waals surface area contributed by atoms with Crippen LogP contribution in [0.2, 0.25) is 0 Å². The molecule has 0 radical (unpaired) electrons. The van der Waals surface area contributed by atoms with Crippen molar-refractivity contribution in [2.75, 3.05) is 46.1 Å². The lowest BCUT2D eigenvalue weighted by atomic mass is 9.84. The summed E-state index contributed by atoms with van der Waals surface area (Å²) in [4.78, 5) is 86.6. The number of amides is 6. The zero-order valence-electron chi connectivity index (χ0n) is 46.3. The number of carbonyl (C=O) groups excluding carboxylic acids is 6. The third-order valence-corrected chi connectivity index (χ3v) is 15.8. The molecular weight excluding hydrogens is 1020 g/mol. The molecule has 6 amide bonds. The van der Waals surface area contributed by atoms with Crippen LogP contribution in [0.25, 0.3) is 0 Å². The second-order valence-corrected chi connectivity index (χ2v) is 22.5. The molecule has 1 saturated carbocycles. The Morgan fingerprint density at radius 2 is 1.36 bits per heavy atom. The average Bonchev–Trinajstić information content (AvgIpc) is 3.92. The quantitative estimate of drug-likeness (QED) is 0.0891. The lowest BCUT2D eigenvalue weighted by molar-refractivity contribution is -0.135. The van der Waals surface area contributed by atoms with Crippen molar-refractivity contribution in [3.05, 3.63) is 130 Å². The molecule has 4 aliphatic rings.